The van der Waals surface area contributed by atoms with Crippen LogP contribution in [0.3, 0.4) is 0 Å². The van der Waals surface area contributed by atoms with Crippen molar-refractivity contribution in [1.82, 2.24) is 4.90 Å². The van der Waals surface area contributed by atoms with Gasteiger partial charge in [0.15, 0.2) is 0 Å². The Bertz CT molecular complexity index is 266. The van der Waals surface area contributed by atoms with Crippen LogP contribution < -0.4 is 0 Å². The molecule has 2 aliphatic carbocycles. The van der Waals surface area contributed by atoms with Gasteiger partial charge in [-0.3, -0.25) is 4.79 Å². The summed E-state index contributed by atoms with van der Waals surface area (Å²) in [4.78, 5) is 13.6. The van der Waals surface area contributed by atoms with Crippen molar-refractivity contribution < 1.29 is 9.90 Å². The molecule has 0 heterocycles. The van der Waals surface area contributed by atoms with E-state index < -0.39 is 11.4 Å². The lowest BCUT2D eigenvalue weighted by Crippen LogP contribution is -2.34. The largest absolute Gasteiger partial charge is 0.481 e. The second-order valence-corrected chi connectivity index (χ2v) is 6.59. The van der Waals surface area contributed by atoms with Gasteiger partial charge in [0, 0.05) is 13.1 Å². The van der Waals surface area contributed by atoms with Crippen molar-refractivity contribution in [3.05, 3.63) is 0 Å². The highest BCUT2D eigenvalue weighted by Gasteiger charge is 2.32. The van der Waals surface area contributed by atoms with Gasteiger partial charge in [-0.15, -0.1) is 0 Å². The van der Waals surface area contributed by atoms with Crippen molar-refractivity contribution in [3.63, 3.8) is 0 Å². The molecule has 0 bridgehead atoms. The van der Waals surface area contributed by atoms with Gasteiger partial charge in [0.1, 0.15) is 0 Å². The smallest absolute Gasteiger partial charge is 0.309 e. The van der Waals surface area contributed by atoms with Crippen LogP contribution in [0.4, 0.5) is 0 Å². The van der Waals surface area contributed by atoms with Crippen LogP contribution in [0, 0.1) is 17.3 Å². The van der Waals surface area contributed by atoms with Gasteiger partial charge in [0.25, 0.3) is 0 Å². The third kappa shape index (κ3) is 4.30. The summed E-state index contributed by atoms with van der Waals surface area (Å²) in [5.74, 6) is 1.14. The average Bonchev–Trinajstić information content (AvgIpc) is 3.08. The summed E-state index contributed by atoms with van der Waals surface area (Å²) in [6, 6.07) is 0. The van der Waals surface area contributed by atoms with E-state index in [2.05, 4.69) is 4.90 Å². The first-order chi connectivity index (χ1) is 7.97. The van der Waals surface area contributed by atoms with Gasteiger partial charge in [-0.05, 0) is 64.3 Å². The summed E-state index contributed by atoms with van der Waals surface area (Å²) in [6.45, 7) is 7.02. The zero-order valence-corrected chi connectivity index (χ0v) is 11.1. The molecule has 0 atom stereocenters. The SMILES string of the molecule is CC(C)(CCN(CC1CC1)CC1CC1)C(=O)O. The van der Waals surface area contributed by atoms with Gasteiger partial charge in [0.2, 0.25) is 0 Å². The van der Waals surface area contributed by atoms with E-state index in [1.807, 2.05) is 13.8 Å². The molecule has 3 nitrogen and oxygen atoms in total. The summed E-state index contributed by atoms with van der Waals surface area (Å²) in [7, 11) is 0. The summed E-state index contributed by atoms with van der Waals surface area (Å²) in [5.41, 5.74) is -0.578. The number of carboxylic acids is 1. The molecule has 2 saturated carbocycles. The molecule has 1 N–H and O–H groups in total. The Morgan fingerprint density at radius 2 is 1.65 bits per heavy atom. The topological polar surface area (TPSA) is 40.5 Å². The van der Waals surface area contributed by atoms with Crippen molar-refractivity contribution in [1.29, 1.82) is 0 Å². The fraction of sp³-hybridized carbons (Fsp3) is 0.929. The zero-order valence-electron chi connectivity index (χ0n) is 11.1. The lowest BCUT2D eigenvalue weighted by atomic mass is 9.89. The number of aliphatic carboxylic acids is 1. The number of nitrogens with zero attached hydrogens (tertiary/aromatic N) is 1. The second-order valence-electron chi connectivity index (χ2n) is 6.59. The lowest BCUT2D eigenvalue weighted by molar-refractivity contribution is -0.147. The maximum Gasteiger partial charge on any atom is 0.309 e. The predicted octanol–water partition coefficient (Wildman–Crippen LogP) is 2.61. The molecule has 3 heteroatoms. The van der Waals surface area contributed by atoms with E-state index in [4.69, 9.17) is 5.11 Å². The lowest BCUT2D eigenvalue weighted by Gasteiger charge is -2.26. The van der Waals surface area contributed by atoms with Crippen LogP contribution in [0.2, 0.25) is 0 Å². The van der Waals surface area contributed by atoms with Crippen molar-refractivity contribution in [2.24, 2.45) is 17.3 Å². The summed E-state index contributed by atoms with van der Waals surface area (Å²) < 4.78 is 0. The molecular weight excluding hydrogens is 214 g/mol. The Hall–Kier alpha value is -0.570. The van der Waals surface area contributed by atoms with Crippen molar-refractivity contribution >= 4 is 5.97 Å². The molecule has 98 valence electrons. The minimum atomic E-state index is -0.671. The summed E-state index contributed by atoms with van der Waals surface area (Å²) in [6.07, 6.45) is 6.28. The molecule has 17 heavy (non-hydrogen) atoms. The van der Waals surface area contributed by atoms with Crippen molar-refractivity contribution in [2.45, 2.75) is 46.0 Å². The maximum atomic E-state index is 11.1. The molecule has 0 unspecified atom stereocenters. The highest BCUT2D eigenvalue weighted by Crippen LogP contribution is 2.34. The third-order valence-corrected chi connectivity index (χ3v) is 4.06. The van der Waals surface area contributed by atoms with E-state index in [9.17, 15) is 4.79 Å². The summed E-state index contributed by atoms with van der Waals surface area (Å²) >= 11 is 0. The minimum Gasteiger partial charge on any atom is -0.481 e. The van der Waals surface area contributed by atoms with Crippen LogP contribution in [-0.2, 0) is 4.79 Å². The third-order valence-electron chi connectivity index (χ3n) is 4.06. The fourth-order valence-electron chi connectivity index (χ4n) is 2.13. The molecule has 2 fully saturated rings. The number of hydrogen-bond donors (Lipinski definition) is 1. The quantitative estimate of drug-likeness (QED) is 0.708. The first-order valence-electron chi connectivity index (χ1n) is 6.93. The maximum absolute atomic E-state index is 11.1. The van der Waals surface area contributed by atoms with Crippen LogP contribution in [0.5, 0.6) is 0 Å². The Morgan fingerprint density at radius 3 is 2.00 bits per heavy atom. The van der Waals surface area contributed by atoms with E-state index in [1.165, 1.54) is 38.8 Å². The van der Waals surface area contributed by atoms with Gasteiger partial charge >= 0.3 is 5.97 Å². The molecule has 0 radical (unpaired) electrons. The normalized spacial score (nSPS) is 20.9. The molecule has 0 aromatic rings. The molecule has 2 rings (SSSR count). The van der Waals surface area contributed by atoms with Crippen molar-refractivity contribution in [3.8, 4) is 0 Å². The second kappa shape index (κ2) is 4.97. The van der Waals surface area contributed by atoms with E-state index >= 15 is 0 Å². The molecule has 0 aliphatic heterocycles. The number of carbonyl (C=O) groups is 1. The van der Waals surface area contributed by atoms with Crippen LogP contribution in [0.15, 0.2) is 0 Å². The van der Waals surface area contributed by atoms with Crippen LogP contribution in [-0.4, -0.2) is 35.6 Å². The first kappa shape index (κ1) is 12.9. The van der Waals surface area contributed by atoms with Gasteiger partial charge in [-0.25, -0.2) is 0 Å². The first-order valence-corrected chi connectivity index (χ1v) is 6.93. The Kier molecular flexibility index (Phi) is 3.76. The predicted molar refractivity (Wildman–Crippen MR) is 67.9 cm³/mol. The highest BCUT2D eigenvalue weighted by atomic mass is 16.4. The molecule has 0 aromatic carbocycles. The molecule has 0 spiro atoms. The minimum absolute atomic E-state index is 0.578. The Labute approximate surface area is 104 Å². The van der Waals surface area contributed by atoms with E-state index in [0.29, 0.717) is 0 Å². The van der Waals surface area contributed by atoms with E-state index in [1.54, 1.807) is 0 Å². The number of carboxylic acid groups (broad SMARTS) is 1. The van der Waals surface area contributed by atoms with Gasteiger partial charge < -0.3 is 10.0 Å². The molecule has 0 aromatic heterocycles. The monoisotopic (exact) mass is 239 g/mol. The Balaban J connectivity index is 1.76. The number of rotatable bonds is 8. The molecular formula is C14H25NO2. The zero-order chi connectivity index (χ0) is 12.5. The van der Waals surface area contributed by atoms with E-state index in [-0.39, 0.29) is 0 Å². The van der Waals surface area contributed by atoms with Gasteiger partial charge in [-0.1, -0.05) is 0 Å². The summed E-state index contributed by atoms with van der Waals surface area (Å²) in [5, 5.41) is 9.12. The van der Waals surface area contributed by atoms with Crippen LogP contribution >= 0.6 is 0 Å². The molecule has 2 aliphatic rings. The highest BCUT2D eigenvalue weighted by molar-refractivity contribution is 5.73. The van der Waals surface area contributed by atoms with Crippen molar-refractivity contribution in [2.75, 3.05) is 19.6 Å². The van der Waals surface area contributed by atoms with E-state index in [0.717, 1.165) is 24.8 Å². The molecule has 0 amide bonds. The standard InChI is InChI=1S/C14H25NO2/c1-14(2,13(16)17)7-8-15(9-11-3-4-11)10-12-5-6-12/h11-12H,3-10H2,1-2H3,(H,16,17). The Morgan fingerprint density at radius 1 is 1.18 bits per heavy atom. The fourth-order valence-corrected chi connectivity index (χ4v) is 2.13. The average molecular weight is 239 g/mol. The van der Waals surface area contributed by atoms with Gasteiger partial charge in [0.05, 0.1) is 5.41 Å². The van der Waals surface area contributed by atoms with Gasteiger partial charge in [-0.2, -0.15) is 0 Å². The van der Waals surface area contributed by atoms with Crippen LogP contribution in [0.25, 0.3) is 0 Å². The van der Waals surface area contributed by atoms with Crippen LogP contribution in [0.1, 0.15) is 46.0 Å². The molecule has 0 saturated heterocycles. The number of hydrogen-bond acceptors (Lipinski definition) is 2.